The Morgan fingerprint density at radius 3 is 2.37 bits per heavy atom. The number of carbonyl (C=O) groups is 1. The molecule has 1 fully saturated rings. The van der Waals surface area contributed by atoms with Gasteiger partial charge in [-0.05, 0) is 37.2 Å². The molecule has 0 atom stereocenters. The van der Waals surface area contributed by atoms with Crippen molar-refractivity contribution in [2.45, 2.75) is 31.7 Å². The minimum Gasteiger partial charge on any atom is -0.354 e. The number of rotatable bonds is 8. The van der Waals surface area contributed by atoms with Crippen LogP contribution >= 0.6 is 0 Å². The van der Waals surface area contributed by atoms with Gasteiger partial charge in [0.2, 0.25) is 5.91 Å². The summed E-state index contributed by atoms with van der Waals surface area (Å²) in [5, 5.41) is 2.78. The average molecular weight is 431 g/mol. The standard InChI is InChI=1S/C22H30N4O3S/c1-3-25-11-13-26(14-12-25)21-9-6-19(16-23-21)17-24-22(27)10-15-30(28,29)20-7-4-18(2)5-8-20/h4-9,16H,3,10-15,17H2,1-2H3,(H,24,27). The first-order valence-electron chi connectivity index (χ1n) is 10.4. The number of pyridine rings is 1. The molecule has 0 bridgehead atoms. The summed E-state index contributed by atoms with van der Waals surface area (Å²) < 4.78 is 24.7. The van der Waals surface area contributed by atoms with E-state index in [9.17, 15) is 13.2 Å². The molecule has 1 aliphatic rings. The van der Waals surface area contributed by atoms with Crippen molar-refractivity contribution in [2.24, 2.45) is 0 Å². The number of amides is 1. The molecular formula is C22H30N4O3S. The van der Waals surface area contributed by atoms with Crippen LogP contribution in [0.15, 0.2) is 47.5 Å². The molecule has 1 saturated heterocycles. The number of anilines is 1. The van der Waals surface area contributed by atoms with Gasteiger partial charge in [-0.3, -0.25) is 4.79 Å². The zero-order valence-corrected chi connectivity index (χ0v) is 18.5. The van der Waals surface area contributed by atoms with E-state index in [4.69, 9.17) is 0 Å². The summed E-state index contributed by atoms with van der Waals surface area (Å²) in [5.74, 6) is 0.457. The Kier molecular flexibility index (Phi) is 7.44. The monoisotopic (exact) mass is 430 g/mol. The maximum absolute atomic E-state index is 12.4. The van der Waals surface area contributed by atoms with Gasteiger partial charge in [0.1, 0.15) is 5.82 Å². The molecule has 1 N–H and O–H groups in total. The maximum atomic E-state index is 12.4. The van der Waals surface area contributed by atoms with E-state index in [1.807, 2.05) is 19.1 Å². The molecule has 0 aliphatic carbocycles. The third kappa shape index (κ3) is 6.03. The molecule has 0 saturated carbocycles. The lowest BCUT2D eigenvalue weighted by Crippen LogP contribution is -2.46. The molecule has 1 aromatic carbocycles. The second kappa shape index (κ2) is 10.0. The van der Waals surface area contributed by atoms with E-state index in [0.717, 1.165) is 49.7 Å². The van der Waals surface area contributed by atoms with Gasteiger partial charge in [-0.25, -0.2) is 13.4 Å². The summed E-state index contributed by atoms with van der Waals surface area (Å²) in [4.78, 5) is 21.6. The highest BCUT2D eigenvalue weighted by Gasteiger charge is 2.17. The topological polar surface area (TPSA) is 82.6 Å². The number of piperazine rings is 1. The first-order chi connectivity index (χ1) is 14.4. The molecule has 2 heterocycles. The van der Waals surface area contributed by atoms with Gasteiger partial charge in [0.05, 0.1) is 10.6 Å². The number of nitrogens with one attached hydrogen (secondary N) is 1. The third-order valence-corrected chi connectivity index (χ3v) is 7.15. The Labute approximate surface area is 179 Å². The molecule has 0 spiro atoms. The lowest BCUT2D eigenvalue weighted by molar-refractivity contribution is -0.120. The number of aromatic nitrogens is 1. The van der Waals surface area contributed by atoms with Crippen LogP contribution in [0.25, 0.3) is 0 Å². The van der Waals surface area contributed by atoms with E-state index >= 15 is 0 Å². The van der Waals surface area contributed by atoms with Crippen LogP contribution in [0.5, 0.6) is 0 Å². The second-order valence-corrected chi connectivity index (χ2v) is 9.71. The highest BCUT2D eigenvalue weighted by atomic mass is 32.2. The van der Waals surface area contributed by atoms with Gasteiger partial charge in [0.25, 0.3) is 0 Å². The quantitative estimate of drug-likeness (QED) is 0.690. The summed E-state index contributed by atoms with van der Waals surface area (Å²) in [5.41, 5.74) is 1.88. The molecular weight excluding hydrogens is 400 g/mol. The number of hydrogen-bond donors (Lipinski definition) is 1. The molecule has 8 heteroatoms. The molecule has 0 unspecified atom stereocenters. The first-order valence-corrected chi connectivity index (χ1v) is 12.0. The predicted molar refractivity (Wildman–Crippen MR) is 118 cm³/mol. The number of likely N-dealkylation sites (N-methyl/N-ethyl adjacent to an activating group) is 1. The van der Waals surface area contributed by atoms with Crippen molar-refractivity contribution in [2.75, 3.05) is 43.4 Å². The van der Waals surface area contributed by atoms with Crippen molar-refractivity contribution in [1.82, 2.24) is 15.2 Å². The fraction of sp³-hybridized carbons (Fsp3) is 0.455. The molecule has 2 aromatic rings. The average Bonchev–Trinajstić information content (AvgIpc) is 2.77. The van der Waals surface area contributed by atoms with Crippen LogP contribution in [0.3, 0.4) is 0 Å². The SMILES string of the molecule is CCN1CCN(c2ccc(CNC(=O)CCS(=O)(=O)c3ccc(C)cc3)cn2)CC1. The molecule has 162 valence electrons. The van der Waals surface area contributed by atoms with Gasteiger partial charge in [-0.2, -0.15) is 0 Å². The van der Waals surface area contributed by atoms with Crippen LogP contribution in [0.4, 0.5) is 5.82 Å². The van der Waals surface area contributed by atoms with Gasteiger partial charge in [0, 0.05) is 45.3 Å². The maximum Gasteiger partial charge on any atom is 0.221 e. The van der Waals surface area contributed by atoms with Crippen LogP contribution in [0, 0.1) is 6.92 Å². The third-order valence-electron chi connectivity index (χ3n) is 5.42. The van der Waals surface area contributed by atoms with Crippen LogP contribution in [-0.2, 0) is 21.2 Å². The van der Waals surface area contributed by atoms with Gasteiger partial charge in [-0.15, -0.1) is 0 Å². The summed E-state index contributed by atoms with van der Waals surface area (Å²) in [6.45, 7) is 9.50. The van der Waals surface area contributed by atoms with E-state index < -0.39 is 9.84 Å². The molecule has 30 heavy (non-hydrogen) atoms. The largest absolute Gasteiger partial charge is 0.354 e. The second-order valence-electron chi connectivity index (χ2n) is 7.60. The van der Waals surface area contributed by atoms with Crippen molar-refractivity contribution in [3.8, 4) is 0 Å². The van der Waals surface area contributed by atoms with Crippen LogP contribution in [-0.4, -0.2) is 62.7 Å². The Hall–Kier alpha value is -2.45. The van der Waals surface area contributed by atoms with Gasteiger partial charge < -0.3 is 15.1 Å². The van der Waals surface area contributed by atoms with Crippen LogP contribution < -0.4 is 10.2 Å². The molecule has 1 aliphatic heterocycles. The van der Waals surface area contributed by atoms with Gasteiger partial charge >= 0.3 is 0 Å². The van der Waals surface area contributed by atoms with Crippen LogP contribution in [0.2, 0.25) is 0 Å². The summed E-state index contributed by atoms with van der Waals surface area (Å²) in [6.07, 6.45) is 1.70. The van der Waals surface area contributed by atoms with E-state index in [0.29, 0.717) is 6.54 Å². The number of nitrogens with zero attached hydrogens (tertiary/aromatic N) is 3. The van der Waals surface area contributed by atoms with Crippen molar-refractivity contribution >= 4 is 21.6 Å². The minimum atomic E-state index is -3.46. The van der Waals surface area contributed by atoms with Gasteiger partial charge in [-0.1, -0.05) is 30.7 Å². The summed E-state index contributed by atoms with van der Waals surface area (Å²) in [6, 6.07) is 10.6. The fourth-order valence-electron chi connectivity index (χ4n) is 3.38. The Morgan fingerprint density at radius 1 is 1.07 bits per heavy atom. The molecule has 1 amide bonds. The molecule has 7 nitrogen and oxygen atoms in total. The van der Waals surface area contributed by atoms with Crippen molar-refractivity contribution in [3.05, 3.63) is 53.7 Å². The van der Waals surface area contributed by atoms with E-state index in [2.05, 4.69) is 27.0 Å². The number of benzene rings is 1. The normalized spacial score (nSPS) is 15.2. The Bertz CT molecular complexity index is 935. The Morgan fingerprint density at radius 2 is 1.77 bits per heavy atom. The van der Waals surface area contributed by atoms with Crippen LogP contribution in [0.1, 0.15) is 24.5 Å². The van der Waals surface area contributed by atoms with Crippen molar-refractivity contribution in [3.63, 3.8) is 0 Å². The van der Waals surface area contributed by atoms with Gasteiger partial charge in [0.15, 0.2) is 9.84 Å². The zero-order valence-electron chi connectivity index (χ0n) is 17.7. The zero-order chi connectivity index (χ0) is 21.6. The Balaban J connectivity index is 1.45. The number of sulfone groups is 1. The predicted octanol–water partition coefficient (Wildman–Crippen LogP) is 2.01. The molecule has 3 rings (SSSR count). The van der Waals surface area contributed by atoms with Crippen molar-refractivity contribution in [1.29, 1.82) is 0 Å². The lowest BCUT2D eigenvalue weighted by Gasteiger charge is -2.34. The highest BCUT2D eigenvalue weighted by molar-refractivity contribution is 7.91. The fourth-order valence-corrected chi connectivity index (χ4v) is 4.62. The number of aryl methyl sites for hydroxylation is 1. The van der Waals surface area contributed by atoms with E-state index in [1.165, 1.54) is 0 Å². The lowest BCUT2D eigenvalue weighted by atomic mass is 10.2. The number of hydrogen-bond acceptors (Lipinski definition) is 6. The van der Waals surface area contributed by atoms with Crippen molar-refractivity contribution < 1.29 is 13.2 Å². The first kappa shape index (κ1) is 22.2. The summed E-state index contributed by atoms with van der Waals surface area (Å²) in [7, 11) is -3.46. The molecule has 1 aromatic heterocycles. The smallest absolute Gasteiger partial charge is 0.221 e. The molecule has 0 radical (unpaired) electrons. The number of carbonyl (C=O) groups excluding carboxylic acids is 1. The minimum absolute atomic E-state index is 0.0660. The van der Waals surface area contributed by atoms with E-state index in [-0.39, 0.29) is 23.0 Å². The van der Waals surface area contributed by atoms with E-state index in [1.54, 1.807) is 30.5 Å². The summed E-state index contributed by atoms with van der Waals surface area (Å²) >= 11 is 0. The highest BCUT2D eigenvalue weighted by Crippen LogP contribution is 2.15.